The maximum atomic E-state index is 9.64. The predicted octanol–water partition coefficient (Wildman–Crippen LogP) is -0.142. The smallest absolute Gasteiger partial charge is 0.344 e. The number of hydrogen-bond acceptors (Lipinski definition) is 3. The van der Waals surface area contributed by atoms with Crippen LogP contribution in [0.4, 0.5) is 0 Å². The molecule has 4 heteroatoms. The van der Waals surface area contributed by atoms with Crippen LogP contribution in [0, 0.1) is 0 Å². The van der Waals surface area contributed by atoms with E-state index in [4.69, 9.17) is 5.11 Å². The van der Waals surface area contributed by atoms with Gasteiger partial charge in [-0.2, -0.15) is 0 Å². The Morgan fingerprint density at radius 1 is 2.00 bits per heavy atom. The van der Waals surface area contributed by atoms with Crippen molar-refractivity contribution >= 4 is 11.8 Å². The van der Waals surface area contributed by atoms with Crippen LogP contribution in [-0.4, -0.2) is 23.6 Å². The van der Waals surface area contributed by atoms with E-state index < -0.39 is 12.6 Å². The molecule has 0 radical (unpaired) electrons. The summed E-state index contributed by atoms with van der Waals surface area (Å²) >= 11 is 0. The van der Waals surface area contributed by atoms with E-state index in [0.29, 0.717) is 0 Å². The number of carbonyl (C=O) groups is 1. The standard InChI is InChI=1S/C4H5NO3/c1-2-5-8-3-4(6)7/h1,3H2,(H,6,7). The van der Waals surface area contributed by atoms with Crippen LogP contribution in [0.3, 0.4) is 0 Å². The minimum atomic E-state index is -1.07. The first kappa shape index (κ1) is 6.72. The Morgan fingerprint density at radius 3 is 3.00 bits per heavy atom. The fraction of sp³-hybridized carbons (Fsp3) is 0.250. The first-order valence-electron chi connectivity index (χ1n) is 1.83. The number of aliphatic carboxylic acids is 1. The Balaban J connectivity index is 3.18. The third-order valence-electron chi connectivity index (χ3n) is 0.317. The summed E-state index contributed by atoms with van der Waals surface area (Å²) in [6.07, 6.45) is 0. The second kappa shape index (κ2) is 3.89. The number of rotatable bonds is 3. The summed E-state index contributed by atoms with van der Waals surface area (Å²) in [5.74, 6) is 0.947. The topological polar surface area (TPSA) is 58.9 Å². The summed E-state index contributed by atoms with van der Waals surface area (Å²) in [5.41, 5.74) is 0. The van der Waals surface area contributed by atoms with Gasteiger partial charge in [-0.3, -0.25) is 0 Å². The van der Waals surface area contributed by atoms with Gasteiger partial charge in [0.15, 0.2) is 0 Å². The molecule has 0 aromatic carbocycles. The summed E-state index contributed by atoms with van der Waals surface area (Å²) < 4.78 is 0. The van der Waals surface area contributed by atoms with Crippen molar-refractivity contribution in [2.75, 3.05) is 6.61 Å². The van der Waals surface area contributed by atoms with Crippen molar-refractivity contribution in [2.45, 2.75) is 0 Å². The molecule has 0 amide bonds. The molecule has 1 N–H and O–H groups in total. The Hall–Kier alpha value is -1.28. The van der Waals surface area contributed by atoms with Gasteiger partial charge < -0.3 is 9.94 Å². The fourth-order valence-electron chi connectivity index (χ4n) is 0.133. The molecule has 0 aromatic rings. The van der Waals surface area contributed by atoms with Crippen molar-refractivity contribution in [3.63, 3.8) is 0 Å². The molecular formula is C4H5NO3. The van der Waals surface area contributed by atoms with Gasteiger partial charge in [0.1, 0.15) is 0 Å². The molecular weight excluding hydrogens is 110 g/mol. The quantitative estimate of drug-likeness (QED) is 0.411. The lowest BCUT2D eigenvalue weighted by atomic mass is 10.8. The zero-order chi connectivity index (χ0) is 6.41. The minimum Gasteiger partial charge on any atom is -0.479 e. The third kappa shape index (κ3) is 4.72. The van der Waals surface area contributed by atoms with Crippen LogP contribution in [0.2, 0.25) is 0 Å². The average Bonchev–Trinajstić information content (AvgIpc) is 1.66. The highest BCUT2D eigenvalue weighted by Crippen LogP contribution is 1.70. The maximum absolute atomic E-state index is 9.64. The first-order valence-corrected chi connectivity index (χ1v) is 1.83. The van der Waals surface area contributed by atoms with Gasteiger partial charge in [0.2, 0.25) is 6.61 Å². The van der Waals surface area contributed by atoms with Gasteiger partial charge >= 0.3 is 5.97 Å². The molecule has 0 spiro atoms. The lowest BCUT2D eigenvalue weighted by Gasteiger charge is -1.86. The molecule has 44 valence electrons. The van der Waals surface area contributed by atoms with Gasteiger partial charge in [0, 0.05) is 5.87 Å². The molecule has 0 rings (SSSR count). The normalized spacial score (nSPS) is 7.00. The maximum Gasteiger partial charge on any atom is 0.344 e. The van der Waals surface area contributed by atoms with Crippen molar-refractivity contribution in [2.24, 2.45) is 5.16 Å². The summed E-state index contributed by atoms with van der Waals surface area (Å²) in [4.78, 5) is 13.7. The number of hydrogen-bond donors (Lipinski definition) is 1. The summed E-state index contributed by atoms with van der Waals surface area (Å²) in [5, 5.41) is 10.9. The van der Waals surface area contributed by atoms with Crippen molar-refractivity contribution in [3.05, 3.63) is 6.58 Å². The van der Waals surface area contributed by atoms with Gasteiger partial charge in [0.25, 0.3) is 0 Å². The number of nitrogens with zero attached hydrogens (tertiary/aromatic N) is 1. The average molecular weight is 115 g/mol. The highest BCUT2D eigenvalue weighted by atomic mass is 16.6. The number of carboxylic acids is 1. The monoisotopic (exact) mass is 115 g/mol. The Kier molecular flexibility index (Phi) is 3.27. The fourth-order valence-corrected chi connectivity index (χ4v) is 0.133. The van der Waals surface area contributed by atoms with Gasteiger partial charge in [-0.25, -0.2) is 4.79 Å². The highest BCUT2D eigenvalue weighted by Gasteiger charge is 1.91. The van der Waals surface area contributed by atoms with E-state index in [1.165, 1.54) is 0 Å². The summed E-state index contributed by atoms with van der Waals surface area (Å²) in [6, 6.07) is 0. The Morgan fingerprint density at radius 2 is 2.62 bits per heavy atom. The van der Waals surface area contributed by atoms with Gasteiger partial charge in [0.05, 0.1) is 0 Å². The van der Waals surface area contributed by atoms with E-state index in [-0.39, 0.29) is 0 Å². The SMILES string of the molecule is C=C=NOCC(=O)O. The van der Waals surface area contributed by atoms with E-state index >= 15 is 0 Å². The molecule has 0 saturated heterocycles. The third-order valence-corrected chi connectivity index (χ3v) is 0.317. The molecule has 8 heavy (non-hydrogen) atoms. The van der Waals surface area contributed by atoms with Crippen LogP contribution in [0.25, 0.3) is 0 Å². The zero-order valence-electron chi connectivity index (χ0n) is 4.13. The van der Waals surface area contributed by atoms with Gasteiger partial charge in [-0.15, -0.1) is 0 Å². The van der Waals surface area contributed by atoms with Crippen LogP contribution in [0.15, 0.2) is 11.7 Å². The van der Waals surface area contributed by atoms with Gasteiger partial charge in [-0.1, -0.05) is 0 Å². The van der Waals surface area contributed by atoms with Crippen LogP contribution in [0.1, 0.15) is 0 Å². The molecule has 0 bridgehead atoms. The summed E-state index contributed by atoms with van der Waals surface area (Å²) in [6.45, 7) is 2.61. The molecule has 0 heterocycles. The van der Waals surface area contributed by atoms with Crippen molar-refractivity contribution < 1.29 is 14.7 Å². The molecule has 0 unspecified atom stereocenters. The Labute approximate surface area is 46.1 Å². The lowest BCUT2D eigenvalue weighted by Crippen LogP contribution is -2.02. The summed E-state index contributed by atoms with van der Waals surface area (Å²) in [7, 11) is 0. The lowest BCUT2D eigenvalue weighted by molar-refractivity contribution is -0.142. The zero-order valence-corrected chi connectivity index (χ0v) is 4.13. The minimum absolute atomic E-state index is 0.442. The molecule has 0 atom stereocenters. The largest absolute Gasteiger partial charge is 0.479 e. The van der Waals surface area contributed by atoms with E-state index in [0.717, 1.165) is 0 Å². The molecule has 0 aromatic heterocycles. The molecule has 0 aliphatic carbocycles. The van der Waals surface area contributed by atoms with Gasteiger partial charge in [-0.05, 0) is 11.7 Å². The second-order valence-corrected chi connectivity index (χ2v) is 0.917. The molecule has 0 aliphatic rings. The number of carboxylic acid groups (broad SMARTS) is 1. The van der Waals surface area contributed by atoms with E-state index in [1.807, 2.05) is 5.87 Å². The second-order valence-electron chi connectivity index (χ2n) is 0.917. The van der Waals surface area contributed by atoms with Crippen molar-refractivity contribution in [3.8, 4) is 0 Å². The van der Waals surface area contributed by atoms with Crippen molar-refractivity contribution in [1.29, 1.82) is 0 Å². The van der Waals surface area contributed by atoms with E-state index in [9.17, 15) is 4.79 Å². The van der Waals surface area contributed by atoms with Crippen LogP contribution in [0.5, 0.6) is 0 Å². The van der Waals surface area contributed by atoms with E-state index in [1.54, 1.807) is 0 Å². The molecule has 0 saturated carbocycles. The molecule has 4 nitrogen and oxygen atoms in total. The highest BCUT2D eigenvalue weighted by molar-refractivity contribution is 5.68. The van der Waals surface area contributed by atoms with Crippen LogP contribution in [-0.2, 0) is 9.63 Å². The Bertz CT molecular complexity index is 123. The van der Waals surface area contributed by atoms with Crippen LogP contribution < -0.4 is 0 Å². The van der Waals surface area contributed by atoms with Crippen molar-refractivity contribution in [1.82, 2.24) is 0 Å². The molecule has 0 aliphatic heterocycles. The molecule has 0 fully saturated rings. The predicted molar refractivity (Wildman–Crippen MR) is 26.6 cm³/mol. The first-order chi connectivity index (χ1) is 3.77. The van der Waals surface area contributed by atoms with Crippen LogP contribution >= 0.6 is 0 Å². The van der Waals surface area contributed by atoms with E-state index in [2.05, 4.69) is 16.6 Å².